The van der Waals surface area contributed by atoms with Crippen molar-refractivity contribution in [2.75, 3.05) is 11.9 Å². The highest BCUT2D eigenvalue weighted by Crippen LogP contribution is 2.24. The quantitative estimate of drug-likeness (QED) is 0.519. The number of nitrogens with one attached hydrogen (secondary N) is 1. The van der Waals surface area contributed by atoms with Crippen molar-refractivity contribution >= 4 is 27.5 Å². The molecule has 0 spiro atoms. The number of carbonyl (C=O) groups excluding carboxylic acids is 1. The number of ether oxygens (including phenoxy) is 1. The van der Waals surface area contributed by atoms with Gasteiger partial charge in [-0.25, -0.2) is 0 Å². The Bertz CT molecular complexity index is 938. The molecular formula is C21H22BrN3O3. The minimum absolute atomic E-state index is 0.0803. The van der Waals surface area contributed by atoms with Crippen molar-refractivity contribution in [1.29, 1.82) is 0 Å². The van der Waals surface area contributed by atoms with Crippen LogP contribution in [0.2, 0.25) is 0 Å². The molecule has 0 saturated heterocycles. The van der Waals surface area contributed by atoms with E-state index in [9.17, 15) is 4.79 Å². The molecule has 1 heterocycles. The summed E-state index contributed by atoms with van der Waals surface area (Å²) in [5, 5.41) is 6.83. The van der Waals surface area contributed by atoms with Crippen LogP contribution in [0.25, 0.3) is 11.4 Å². The molecule has 1 aromatic heterocycles. The standard InChI is InChI=1S/C21H22BrN3O3/c1-3-4-5-20-24-21(25-28-20)15-7-9-16(10-8-15)27-13-19(26)23-18-11-6-14(2)12-17(18)22/h6-12H,3-5,13H2,1-2H3,(H,23,26). The highest BCUT2D eigenvalue weighted by Gasteiger charge is 2.10. The molecule has 3 rings (SSSR count). The normalized spacial score (nSPS) is 10.7. The fourth-order valence-corrected chi connectivity index (χ4v) is 3.15. The second-order valence-electron chi connectivity index (χ2n) is 6.46. The first-order chi connectivity index (χ1) is 13.5. The molecule has 0 aliphatic carbocycles. The van der Waals surface area contributed by atoms with Crippen LogP contribution in [0.15, 0.2) is 51.5 Å². The van der Waals surface area contributed by atoms with E-state index in [1.54, 1.807) is 12.1 Å². The summed E-state index contributed by atoms with van der Waals surface area (Å²) in [6.07, 6.45) is 2.89. The van der Waals surface area contributed by atoms with Gasteiger partial charge in [0, 0.05) is 16.5 Å². The Morgan fingerprint density at radius 3 is 2.71 bits per heavy atom. The molecule has 0 radical (unpaired) electrons. The lowest BCUT2D eigenvalue weighted by molar-refractivity contribution is -0.118. The van der Waals surface area contributed by atoms with Gasteiger partial charge in [0.15, 0.2) is 6.61 Å². The number of carbonyl (C=O) groups is 1. The molecule has 0 aliphatic rings. The molecule has 0 saturated carbocycles. The third kappa shape index (κ3) is 5.42. The van der Waals surface area contributed by atoms with Gasteiger partial charge >= 0.3 is 0 Å². The number of unbranched alkanes of at least 4 members (excludes halogenated alkanes) is 1. The van der Waals surface area contributed by atoms with E-state index in [1.165, 1.54) is 0 Å². The van der Waals surface area contributed by atoms with Crippen LogP contribution < -0.4 is 10.1 Å². The molecule has 0 bridgehead atoms. The molecule has 3 aromatic rings. The zero-order chi connectivity index (χ0) is 19.9. The Morgan fingerprint density at radius 1 is 1.21 bits per heavy atom. The fraction of sp³-hybridized carbons (Fsp3) is 0.286. The molecule has 0 atom stereocenters. The Hall–Kier alpha value is -2.67. The zero-order valence-electron chi connectivity index (χ0n) is 15.9. The lowest BCUT2D eigenvalue weighted by Gasteiger charge is -2.09. The third-order valence-corrected chi connectivity index (χ3v) is 4.75. The highest BCUT2D eigenvalue weighted by atomic mass is 79.9. The number of benzene rings is 2. The number of nitrogens with zero attached hydrogens (tertiary/aromatic N) is 2. The van der Waals surface area contributed by atoms with Crippen molar-refractivity contribution in [3.63, 3.8) is 0 Å². The molecule has 0 aliphatic heterocycles. The first-order valence-corrected chi connectivity index (χ1v) is 9.96. The topological polar surface area (TPSA) is 77.2 Å². The van der Waals surface area contributed by atoms with Gasteiger partial charge in [0.2, 0.25) is 11.7 Å². The first-order valence-electron chi connectivity index (χ1n) is 9.17. The van der Waals surface area contributed by atoms with E-state index < -0.39 is 0 Å². The van der Waals surface area contributed by atoms with E-state index >= 15 is 0 Å². The van der Waals surface area contributed by atoms with E-state index in [1.807, 2.05) is 37.3 Å². The summed E-state index contributed by atoms with van der Waals surface area (Å²) in [6.45, 7) is 4.03. The number of aryl methyl sites for hydroxylation is 2. The van der Waals surface area contributed by atoms with Crippen LogP contribution in [0.1, 0.15) is 31.2 Å². The number of hydrogen-bond acceptors (Lipinski definition) is 5. The van der Waals surface area contributed by atoms with Crippen molar-refractivity contribution in [3.8, 4) is 17.1 Å². The number of rotatable bonds is 8. The van der Waals surface area contributed by atoms with Gasteiger partial charge in [-0.1, -0.05) is 24.6 Å². The summed E-state index contributed by atoms with van der Waals surface area (Å²) in [7, 11) is 0. The highest BCUT2D eigenvalue weighted by molar-refractivity contribution is 9.10. The van der Waals surface area contributed by atoms with Crippen LogP contribution in [-0.4, -0.2) is 22.7 Å². The SMILES string of the molecule is CCCCc1nc(-c2ccc(OCC(=O)Nc3ccc(C)cc3Br)cc2)no1. The van der Waals surface area contributed by atoms with E-state index in [0.717, 1.165) is 34.9 Å². The third-order valence-electron chi connectivity index (χ3n) is 4.09. The summed E-state index contributed by atoms with van der Waals surface area (Å²) >= 11 is 3.44. The first kappa shape index (κ1) is 20.1. The second-order valence-corrected chi connectivity index (χ2v) is 7.31. The Kier molecular flexibility index (Phi) is 6.81. The predicted molar refractivity (Wildman–Crippen MR) is 111 cm³/mol. The summed E-state index contributed by atoms with van der Waals surface area (Å²) < 4.78 is 11.7. The monoisotopic (exact) mass is 443 g/mol. The maximum Gasteiger partial charge on any atom is 0.262 e. The smallest absolute Gasteiger partial charge is 0.262 e. The average Bonchev–Trinajstić information content (AvgIpc) is 3.16. The Balaban J connectivity index is 1.54. The zero-order valence-corrected chi connectivity index (χ0v) is 17.5. The number of hydrogen-bond donors (Lipinski definition) is 1. The van der Waals surface area contributed by atoms with Crippen molar-refractivity contribution in [3.05, 3.63) is 58.4 Å². The van der Waals surface area contributed by atoms with Gasteiger partial charge in [-0.15, -0.1) is 0 Å². The maximum absolute atomic E-state index is 12.1. The van der Waals surface area contributed by atoms with Crippen LogP contribution in [0.3, 0.4) is 0 Å². The summed E-state index contributed by atoms with van der Waals surface area (Å²) in [5.74, 6) is 1.57. The molecule has 6 nitrogen and oxygen atoms in total. The molecule has 146 valence electrons. The van der Waals surface area contributed by atoms with Crippen molar-refractivity contribution in [2.45, 2.75) is 33.1 Å². The van der Waals surface area contributed by atoms with E-state index in [0.29, 0.717) is 23.2 Å². The molecule has 7 heteroatoms. The lowest BCUT2D eigenvalue weighted by Crippen LogP contribution is -2.20. The minimum atomic E-state index is -0.229. The van der Waals surface area contributed by atoms with Crippen LogP contribution in [-0.2, 0) is 11.2 Å². The van der Waals surface area contributed by atoms with Crippen molar-refractivity contribution < 1.29 is 14.1 Å². The molecule has 1 N–H and O–H groups in total. The van der Waals surface area contributed by atoms with E-state index in [4.69, 9.17) is 9.26 Å². The summed E-state index contributed by atoms with van der Waals surface area (Å²) in [6, 6.07) is 13.0. The van der Waals surface area contributed by atoms with Gasteiger partial charge in [0.1, 0.15) is 5.75 Å². The van der Waals surface area contributed by atoms with Crippen molar-refractivity contribution in [2.24, 2.45) is 0 Å². The van der Waals surface area contributed by atoms with E-state index in [-0.39, 0.29) is 12.5 Å². The Labute approximate surface area is 172 Å². The van der Waals surface area contributed by atoms with Crippen LogP contribution in [0, 0.1) is 6.92 Å². The molecule has 0 fully saturated rings. The Morgan fingerprint density at radius 2 is 2.00 bits per heavy atom. The number of aromatic nitrogens is 2. The summed E-state index contributed by atoms with van der Waals surface area (Å²) in [5.41, 5.74) is 2.66. The molecular weight excluding hydrogens is 422 g/mol. The fourth-order valence-electron chi connectivity index (χ4n) is 2.56. The number of anilines is 1. The number of amides is 1. The van der Waals surface area contributed by atoms with Gasteiger partial charge in [-0.05, 0) is 71.2 Å². The average molecular weight is 444 g/mol. The molecule has 28 heavy (non-hydrogen) atoms. The molecule has 0 unspecified atom stereocenters. The maximum atomic E-state index is 12.1. The largest absolute Gasteiger partial charge is 0.484 e. The summed E-state index contributed by atoms with van der Waals surface area (Å²) in [4.78, 5) is 16.5. The van der Waals surface area contributed by atoms with Gasteiger partial charge in [0.05, 0.1) is 5.69 Å². The van der Waals surface area contributed by atoms with Gasteiger partial charge < -0.3 is 14.6 Å². The van der Waals surface area contributed by atoms with Crippen LogP contribution in [0.4, 0.5) is 5.69 Å². The van der Waals surface area contributed by atoms with Gasteiger partial charge in [-0.3, -0.25) is 4.79 Å². The van der Waals surface area contributed by atoms with Crippen molar-refractivity contribution in [1.82, 2.24) is 10.1 Å². The molecule has 1 amide bonds. The van der Waals surface area contributed by atoms with Gasteiger partial charge in [-0.2, -0.15) is 4.98 Å². The number of halogens is 1. The predicted octanol–water partition coefficient (Wildman–Crippen LogP) is 5.17. The second kappa shape index (κ2) is 9.50. The van der Waals surface area contributed by atoms with Gasteiger partial charge in [0.25, 0.3) is 5.91 Å². The van der Waals surface area contributed by atoms with E-state index in [2.05, 4.69) is 38.3 Å². The van der Waals surface area contributed by atoms with Crippen LogP contribution in [0.5, 0.6) is 5.75 Å². The molecule has 2 aromatic carbocycles. The van der Waals surface area contributed by atoms with Crippen LogP contribution >= 0.6 is 15.9 Å². The minimum Gasteiger partial charge on any atom is -0.484 e. The lowest BCUT2D eigenvalue weighted by atomic mass is 10.2.